The molecule has 6 heteroatoms. The van der Waals surface area contributed by atoms with Crippen molar-refractivity contribution in [1.29, 1.82) is 0 Å². The zero-order chi connectivity index (χ0) is 15.0. The summed E-state index contributed by atoms with van der Waals surface area (Å²) in [7, 11) is 0. The van der Waals surface area contributed by atoms with Crippen LogP contribution in [0.3, 0.4) is 0 Å². The Morgan fingerprint density at radius 3 is 2.81 bits per heavy atom. The summed E-state index contributed by atoms with van der Waals surface area (Å²) in [6.45, 7) is 0.502. The monoisotopic (exact) mass is 302 g/mol. The van der Waals surface area contributed by atoms with Crippen LogP contribution in [0, 0.1) is 0 Å². The van der Waals surface area contributed by atoms with Crippen LogP contribution in [0.2, 0.25) is 5.15 Å². The van der Waals surface area contributed by atoms with Gasteiger partial charge in [-0.05, 0) is 36.2 Å². The summed E-state index contributed by atoms with van der Waals surface area (Å²) in [4.78, 5) is 29.1. The predicted octanol–water partition coefficient (Wildman–Crippen LogP) is 2.64. The molecule has 5 nitrogen and oxygen atoms in total. The van der Waals surface area contributed by atoms with Crippen LogP contribution in [-0.2, 0) is 6.42 Å². The van der Waals surface area contributed by atoms with Gasteiger partial charge in [-0.15, -0.1) is 0 Å². The number of fused-ring (bicyclic) bond motifs is 1. The van der Waals surface area contributed by atoms with E-state index in [0.29, 0.717) is 24.2 Å². The van der Waals surface area contributed by atoms with E-state index in [1.165, 1.54) is 12.3 Å². The number of carbonyl (C=O) groups is 2. The van der Waals surface area contributed by atoms with Gasteiger partial charge in [0.2, 0.25) is 0 Å². The van der Waals surface area contributed by atoms with Gasteiger partial charge in [-0.3, -0.25) is 4.79 Å². The fraction of sp³-hybridized carbons (Fsp3) is 0.133. The largest absolute Gasteiger partial charge is 0.478 e. The first kappa shape index (κ1) is 13.6. The van der Waals surface area contributed by atoms with Crippen molar-refractivity contribution in [3.05, 3.63) is 58.4 Å². The van der Waals surface area contributed by atoms with Gasteiger partial charge >= 0.3 is 5.97 Å². The molecule has 0 spiro atoms. The number of carboxylic acids is 1. The summed E-state index contributed by atoms with van der Waals surface area (Å²) in [5, 5.41) is 9.21. The molecule has 0 aliphatic carbocycles. The molecule has 1 aliphatic heterocycles. The second kappa shape index (κ2) is 5.18. The molecule has 0 fully saturated rings. The number of carbonyl (C=O) groups excluding carboxylic acids is 1. The Labute approximate surface area is 125 Å². The molecule has 1 aliphatic rings. The Morgan fingerprint density at radius 2 is 2.10 bits per heavy atom. The summed E-state index contributed by atoms with van der Waals surface area (Å²) in [5.41, 5.74) is 2.05. The Hall–Kier alpha value is -2.40. The van der Waals surface area contributed by atoms with Gasteiger partial charge in [0.25, 0.3) is 5.91 Å². The van der Waals surface area contributed by atoms with E-state index in [1.807, 2.05) is 0 Å². The zero-order valence-electron chi connectivity index (χ0n) is 10.9. The maximum absolute atomic E-state index is 12.6. The lowest BCUT2D eigenvalue weighted by Crippen LogP contribution is -2.29. The van der Waals surface area contributed by atoms with Gasteiger partial charge in [-0.25, -0.2) is 9.78 Å². The first-order valence-electron chi connectivity index (χ1n) is 6.36. The third-order valence-corrected chi connectivity index (χ3v) is 3.76. The molecule has 0 saturated heterocycles. The lowest BCUT2D eigenvalue weighted by molar-refractivity contribution is 0.0696. The van der Waals surface area contributed by atoms with Crippen molar-refractivity contribution in [3.63, 3.8) is 0 Å². The van der Waals surface area contributed by atoms with Crippen molar-refractivity contribution in [2.24, 2.45) is 0 Å². The molecule has 2 aromatic rings. The third-order valence-electron chi connectivity index (χ3n) is 3.46. The van der Waals surface area contributed by atoms with E-state index in [9.17, 15) is 9.59 Å². The van der Waals surface area contributed by atoms with Gasteiger partial charge in [0.15, 0.2) is 0 Å². The molecule has 1 N–H and O–H groups in total. The number of aromatic carboxylic acids is 1. The molecule has 2 heterocycles. The molecule has 1 amide bonds. The smallest absolute Gasteiger partial charge is 0.335 e. The average Bonchev–Trinajstić information content (AvgIpc) is 2.90. The van der Waals surface area contributed by atoms with Crippen LogP contribution in [0.4, 0.5) is 5.69 Å². The lowest BCUT2D eigenvalue weighted by Gasteiger charge is -2.18. The van der Waals surface area contributed by atoms with Crippen LogP contribution in [0.25, 0.3) is 0 Å². The number of hydrogen-bond donors (Lipinski definition) is 1. The van der Waals surface area contributed by atoms with Gasteiger partial charge in [0, 0.05) is 18.4 Å². The molecular weight excluding hydrogens is 292 g/mol. The van der Waals surface area contributed by atoms with Crippen molar-refractivity contribution >= 4 is 29.2 Å². The van der Waals surface area contributed by atoms with Gasteiger partial charge in [0.05, 0.1) is 11.1 Å². The summed E-state index contributed by atoms with van der Waals surface area (Å²) < 4.78 is 0. The van der Waals surface area contributed by atoms with Crippen LogP contribution in [0.1, 0.15) is 26.3 Å². The zero-order valence-corrected chi connectivity index (χ0v) is 11.7. The number of nitrogens with zero attached hydrogens (tertiary/aromatic N) is 2. The number of hydrogen-bond acceptors (Lipinski definition) is 3. The van der Waals surface area contributed by atoms with E-state index < -0.39 is 5.97 Å². The van der Waals surface area contributed by atoms with Crippen molar-refractivity contribution in [3.8, 4) is 0 Å². The Balaban J connectivity index is 2.01. The number of amides is 1. The predicted molar refractivity (Wildman–Crippen MR) is 78.0 cm³/mol. The Bertz CT molecular complexity index is 745. The van der Waals surface area contributed by atoms with E-state index in [0.717, 1.165) is 5.56 Å². The first-order chi connectivity index (χ1) is 10.1. The highest BCUT2D eigenvalue weighted by Gasteiger charge is 2.27. The molecule has 0 unspecified atom stereocenters. The maximum Gasteiger partial charge on any atom is 0.335 e. The van der Waals surface area contributed by atoms with E-state index in [-0.39, 0.29) is 16.6 Å². The molecule has 0 radical (unpaired) electrons. The normalized spacial score (nSPS) is 13.1. The summed E-state index contributed by atoms with van der Waals surface area (Å²) in [6, 6.07) is 8.07. The van der Waals surface area contributed by atoms with Crippen molar-refractivity contribution in [2.45, 2.75) is 6.42 Å². The minimum atomic E-state index is -1.02. The standard InChI is InChI=1S/C15H11ClN2O3/c16-13-11(2-1-6-17-13)14(19)18-7-5-9-3-4-10(15(20)21)8-12(9)18/h1-4,6,8H,5,7H2,(H,20,21). The highest BCUT2D eigenvalue weighted by molar-refractivity contribution is 6.33. The van der Waals surface area contributed by atoms with E-state index >= 15 is 0 Å². The van der Waals surface area contributed by atoms with Gasteiger partial charge in [-0.2, -0.15) is 0 Å². The number of aromatic nitrogens is 1. The van der Waals surface area contributed by atoms with Gasteiger partial charge in [-0.1, -0.05) is 17.7 Å². The van der Waals surface area contributed by atoms with E-state index in [1.54, 1.807) is 29.2 Å². The summed E-state index contributed by atoms with van der Waals surface area (Å²) in [6.07, 6.45) is 2.21. The number of halogens is 1. The molecule has 1 aromatic heterocycles. The quantitative estimate of drug-likeness (QED) is 0.866. The van der Waals surface area contributed by atoms with E-state index in [4.69, 9.17) is 16.7 Å². The Kier molecular flexibility index (Phi) is 3.35. The third kappa shape index (κ3) is 2.36. The first-order valence-corrected chi connectivity index (χ1v) is 6.74. The topological polar surface area (TPSA) is 70.5 Å². The second-order valence-electron chi connectivity index (χ2n) is 4.70. The number of anilines is 1. The van der Waals surface area contributed by atoms with Crippen LogP contribution < -0.4 is 4.90 Å². The fourth-order valence-electron chi connectivity index (χ4n) is 2.41. The minimum absolute atomic E-state index is 0.144. The second-order valence-corrected chi connectivity index (χ2v) is 5.06. The van der Waals surface area contributed by atoms with Gasteiger partial charge in [0.1, 0.15) is 5.15 Å². The van der Waals surface area contributed by atoms with Crippen LogP contribution in [0.5, 0.6) is 0 Å². The Morgan fingerprint density at radius 1 is 1.29 bits per heavy atom. The molecule has 106 valence electrons. The molecule has 0 bridgehead atoms. The molecule has 21 heavy (non-hydrogen) atoms. The summed E-state index contributed by atoms with van der Waals surface area (Å²) >= 11 is 5.95. The molecule has 0 saturated carbocycles. The SMILES string of the molecule is O=C(O)c1ccc2c(c1)N(C(=O)c1cccnc1Cl)CC2. The van der Waals surface area contributed by atoms with Crippen LogP contribution in [-0.4, -0.2) is 28.5 Å². The molecule has 0 atom stereocenters. The van der Waals surface area contributed by atoms with Crippen LogP contribution >= 0.6 is 11.6 Å². The summed E-state index contributed by atoms with van der Waals surface area (Å²) in [5.74, 6) is -1.29. The van der Waals surface area contributed by atoms with Gasteiger partial charge < -0.3 is 10.0 Å². The number of carboxylic acid groups (broad SMARTS) is 1. The minimum Gasteiger partial charge on any atom is -0.478 e. The highest BCUT2D eigenvalue weighted by atomic mass is 35.5. The highest BCUT2D eigenvalue weighted by Crippen LogP contribution is 2.31. The fourth-order valence-corrected chi connectivity index (χ4v) is 2.61. The average molecular weight is 303 g/mol. The number of pyridine rings is 1. The molecule has 3 rings (SSSR count). The number of benzene rings is 1. The van der Waals surface area contributed by atoms with Crippen molar-refractivity contribution < 1.29 is 14.7 Å². The lowest BCUT2D eigenvalue weighted by atomic mass is 10.1. The molecular formula is C15H11ClN2O3. The van der Waals surface area contributed by atoms with Crippen LogP contribution in [0.15, 0.2) is 36.5 Å². The van der Waals surface area contributed by atoms with E-state index in [2.05, 4.69) is 4.98 Å². The van der Waals surface area contributed by atoms with Crippen molar-refractivity contribution in [2.75, 3.05) is 11.4 Å². The van der Waals surface area contributed by atoms with Crippen molar-refractivity contribution in [1.82, 2.24) is 4.98 Å². The maximum atomic E-state index is 12.6. The molecule has 1 aromatic carbocycles. The number of rotatable bonds is 2.